The first kappa shape index (κ1) is 21.1. The summed E-state index contributed by atoms with van der Waals surface area (Å²) in [6, 6.07) is 6.09. The van der Waals surface area contributed by atoms with Crippen LogP contribution >= 0.6 is 0 Å². The van der Waals surface area contributed by atoms with E-state index in [0.29, 0.717) is 18.9 Å². The molecule has 0 aromatic heterocycles. The van der Waals surface area contributed by atoms with Gasteiger partial charge in [0.15, 0.2) is 5.60 Å². The molecule has 1 aromatic rings. The van der Waals surface area contributed by atoms with E-state index in [9.17, 15) is 9.59 Å². The van der Waals surface area contributed by atoms with E-state index in [1.54, 1.807) is 25.9 Å². The van der Waals surface area contributed by atoms with Crippen molar-refractivity contribution in [1.29, 1.82) is 0 Å². The van der Waals surface area contributed by atoms with Gasteiger partial charge in [-0.25, -0.2) is 0 Å². The summed E-state index contributed by atoms with van der Waals surface area (Å²) in [6.07, 6.45) is 4.76. The SMILES string of the molecule is COCCCN1C(=O)C(C)(C)Oc2ccc(N(C(=O)[C@@H]3CCCNC3)C3CC3)cc21. The van der Waals surface area contributed by atoms with Crippen LogP contribution in [0.25, 0.3) is 0 Å². The van der Waals surface area contributed by atoms with Crippen molar-refractivity contribution in [2.24, 2.45) is 5.92 Å². The Balaban J connectivity index is 1.65. The third-order valence-corrected chi connectivity index (χ3v) is 6.16. The predicted octanol–water partition coefficient (Wildman–Crippen LogP) is 2.72. The molecule has 0 spiro atoms. The Morgan fingerprint density at radius 3 is 2.80 bits per heavy atom. The summed E-state index contributed by atoms with van der Waals surface area (Å²) in [6.45, 7) is 6.46. The van der Waals surface area contributed by atoms with Gasteiger partial charge in [-0.1, -0.05) is 0 Å². The van der Waals surface area contributed by atoms with E-state index in [0.717, 1.165) is 56.6 Å². The fourth-order valence-electron chi connectivity index (χ4n) is 4.40. The summed E-state index contributed by atoms with van der Waals surface area (Å²) < 4.78 is 11.2. The van der Waals surface area contributed by atoms with Gasteiger partial charge in [-0.15, -0.1) is 0 Å². The molecule has 4 rings (SSSR count). The Morgan fingerprint density at radius 2 is 2.13 bits per heavy atom. The lowest BCUT2D eigenvalue weighted by Crippen LogP contribution is -2.53. The standard InChI is InChI=1S/C23H33N3O4/c1-23(2)22(28)25(12-5-13-29-3)19-14-18(9-10-20(19)30-23)26(17-7-8-17)21(27)16-6-4-11-24-15-16/h9-10,14,16-17,24H,4-8,11-13,15H2,1-3H3/t16-/m1/s1. The van der Waals surface area contributed by atoms with Gasteiger partial charge in [-0.2, -0.15) is 0 Å². The molecule has 7 heteroatoms. The Kier molecular flexibility index (Phi) is 6.02. The van der Waals surface area contributed by atoms with Crippen LogP contribution in [-0.4, -0.2) is 56.8 Å². The molecule has 1 aliphatic carbocycles. The first-order valence-corrected chi connectivity index (χ1v) is 11.1. The van der Waals surface area contributed by atoms with Crippen LogP contribution in [0.3, 0.4) is 0 Å². The summed E-state index contributed by atoms with van der Waals surface area (Å²) in [7, 11) is 1.66. The van der Waals surface area contributed by atoms with Crippen LogP contribution in [0.4, 0.5) is 11.4 Å². The molecule has 3 aliphatic rings. The number of nitrogens with one attached hydrogen (secondary N) is 1. The number of methoxy groups -OCH3 is 1. The number of fused-ring (bicyclic) bond motifs is 1. The van der Waals surface area contributed by atoms with Crippen molar-refractivity contribution in [1.82, 2.24) is 5.32 Å². The molecule has 1 aromatic carbocycles. The zero-order valence-corrected chi connectivity index (χ0v) is 18.3. The molecule has 2 aliphatic heterocycles. The molecule has 7 nitrogen and oxygen atoms in total. The molecule has 2 amide bonds. The van der Waals surface area contributed by atoms with Crippen molar-refractivity contribution in [2.75, 3.05) is 43.2 Å². The number of benzene rings is 1. The molecule has 0 unspecified atom stereocenters. The van der Waals surface area contributed by atoms with Crippen molar-refractivity contribution >= 4 is 23.2 Å². The monoisotopic (exact) mass is 415 g/mol. The predicted molar refractivity (Wildman–Crippen MR) is 116 cm³/mol. The minimum atomic E-state index is -0.915. The maximum Gasteiger partial charge on any atom is 0.270 e. The average molecular weight is 416 g/mol. The van der Waals surface area contributed by atoms with E-state index in [2.05, 4.69) is 5.32 Å². The molecule has 1 atom stereocenters. The Labute approximate surface area is 178 Å². The molecule has 1 saturated carbocycles. The lowest BCUT2D eigenvalue weighted by molar-refractivity contribution is -0.132. The zero-order chi connectivity index (χ0) is 21.3. The van der Waals surface area contributed by atoms with Crippen LogP contribution in [0.5, 0.6) is 5.75 Å². The van der Waals surface area contributed by atoms with E-state index in [1.165, 1.54) is 0 Å². The van der Waals surface area contributed by atoms with Crippen LogP contribution in [0.2, 0.25) is 0 Å². The fourth-order valence-corrected chi connectivity index (χ4v) is 4.40. The van der Waals surface area contributed by atoms with Gasteiger partial charge in [0.1, 0.15) is 5.75 Å². The van der Waals surface area contributed by atoms with Crippen LogP contribution in [0.15, 0.2) is 18.2 Å². The summed E-state index contributed by atoms with van der Waals surface area (Å²) >= 11 is 0. The highest BCUT2D eigenvalue weighted by atomic mass is 16.5. The third-order valence-electron chi connectivity index (χ3n) is 6.16. The average Bonchev–Trinajstić information content (AvgIpc) is 3.57. The number of nitrogens with zero attached hydrogens (tertiary/aromatic N) is 2. The van der Waals surface area contributed by atoms with Gasteiger partial charge < -0.3 is 24.6 Å². The zero-order valence-electron chi connectivity index (χ0n) is 18.3. The smallest absolute Gasteiger partial charge is 0.270 e. The van der Waals surface area contributed by atoms with E-state index in [1.807, 2.05) is 23.1 Å². The van der Waals surface area contributed by atoms with Crippen LogP contribution in [0.1, 0.15) is 46.0 Å². The number of carbonyl (C=O) groups is 2. The van der Waals surface area contributed by atoms with E-state index >= 15 is 0 Å². The number of rotatable bonds is 7. The van der Waals surface area contributed by atoms with Crippen LogP contribution in [-0.2, 0) is 14.3 Å². The number of hydrogen-bond acceptors (Lipinski definition) is 5. The summed E-state index contributed by atoms with van der Waals surface area (Å²) in [5, 5.41) is 3.35. The number of ether oxygens (including phenoxy) is 2. The highest BCUT2D eigenvalue weighted by Gasteiger charge is 2.42. The molecule has 30 heavy (non-hydrogen) atoms. The van der Waals surface area contributed by atoms with E-state index < -0.39 is 5.60 Å². The number of piperidine rings is 1. The Morgan fingerprint density at radius 1 is 1.33 bits per heavy atom. The maximum absolute atomic E-state index is 13.4. The number of anilines is 2. The minimum absolute atomic E-state index is 0.0185. The molecule has 2 heterocycles. The van der Waals surface area contributed by atoms with Gasteiger partial charge in [-0.3, -0.25) is 9.59 Å². The van der Waals surface area contributed by atoms with Gasteiger partial charge in [-0.05, 0) is 70.7 Å². The molecule has 2 fully saturated rings. The molecule has 164 valence electrons. The molecule has 0 radical (unpaired) electrons. The Hall–Kier alpha value is -2.12. The maximum atomic E-state index is 13.4. The van der Waals surface area contributed by atoms with Crippen molar-refractivity contribution in [3.63, 3.8) is 0 Å². The molecular formula is C23H33N3O4. The summed E-state index contributed by atoms with van der Waals surface area (Å²) in [4.78, 5) is 30.2. The quantitative estimate of drug-likeness (QED) is 0.694. The topological polar surface area (TPSA) is 71.1 Å². The second kappa shape index (κ2) is 8.55. The fraction of sp³-hybridized carbons (Fsp3) is 0.652. The number of hydrogen-bond donors (Lipinski definition) is 1. The lowest BCUT2D eigenvalue weighted by atomic mass is 9.97. The largest absolute Gasteiger partial charge is 0.476 e. The normalized spacial score (nSPS) is 23.0. The lowest BCUT2D eigenvalue weighted by Gasteiger charge is -2.39. The Bertz CT molecular complexity index is 800. The van der Waals surface area contributed by atoms with Crippen molar-refractivity contribution in [2.45, 2.75) is 57.6 Å². The molecular weight excluding hydrogens is 382 g/mol. The highest BCUT2D eigenvalue weighted by molar-refractivity contribution is 6.04. The first-order valence-electron chi connectivity index (χ1n) is 11.1. The summed E-state index contributed by atoms with van der Waals surface area (Å²) in [5.74, 6) is 0.830. The minimum Gasteiger partial charge on any atom is -0.476 e. The van der Waals surface area contributed by atoms with Crippen molar-refractivity contribution < 1.29 is 19.1 Å². The molecule has 1 saturated heterocycles. The third kappa shape index (κ3) is 4.18. The van der Waals surface area contributed by atoms with Crippen molar-refractivity contribution in [3.8, 4) is 5.75 Å². The first-order chi connectivity index (χ1) is 14.4. The van der Waals surface area contributed by atoms with E-state index in [-0.39, 0.29) is 23.8 Å². The second-order valence-corrected chi connectivity index (χ2v) is 9.05. The van der Waals surface area contributed by atoms with Gasteiger partial charge in [0, 0.05) is 38.5 Å². The number of carbonyl (C=O) groups excluding carboxylic acids is 2. The number of amides is 2. The van der Waals surface area contributed by atoms with Crippen molar-refractivity contribution in [3.05, 3.63) is 18.2 Å². The van der Waals surface area contributed by atoms with Gasteiger partial charge in [0.05, 0.1) is 11.6 Å². The van der Waals surface area contributed by atoms with Crippen LogP contribution < -0.4 is 19.9 Å². The van der Waals surface area contributed by atoms with Gasteiger partial charge in [0.2, 0.25) is 5.91 Å². The van der Waals surface area contributed by atoms with Gasteiger partial charge >= 0.3 is 0 Å². The second-order valence-electron chi connectivity index (χ2n) is 9.05. The highest BCUT2D eigenvalue weighted by Crippen LogP contribution is 2.42. The van der Waals surface area contributed by atoms with Crippen LogP contribution in [0, 0.1) is 5.92 Å². The van der Waals surface area contributed by atoms with Gasteiger partial charge in [0.25, 0.3) is 5.91 Å². The van der Waals surface area contributed by atoms with E-state index in [4.69, 9.17) is 9.47 Å². The summed E-state index contributed by atoms with van der Waals surface area (Å²) in [5.41, 5.74) is 0.689. The molecule has 0 bridgehead atoms. The molecule has 1 N–H and O–H groups in total.